The highest BCUT2D eigenvalue weighted by Gasteiger charge is 2.41. The minimum Gasteiger partial charge on any atom is -0.251 e. The first-order valence-corrected chi connectivity index (χ1v) is 15.8. The molecule has 0 bridgehead atoms. The fraction of sp³-hybridized carbons (Fsp3) is 0.209. The van der Waals surface area contributed by atoms with Crippen LogP contribution >= 0.6 is 0 Å². The van der Waals surface area contributed by atoms with Crippen molar-refractivity contribution in [3.8, 4) is 22.5 Å². The van der Waals surface area contributed by atoms with Crippen molar-refractivity contribution >= 4 is 0 Å². The molecule has 224 valence electrons. The molecule has 0 fully saturated rings. The molecule has 2 heteroatoms. The Morgan fingerprint density at radius 2 is 0.689 bits per heavy atom. The Balaban J connectivity index is 1.58. The van der Waals surface area contributed by atoms with Crippen LogP contribution in [0.15, 0.2) is 146 Å². The van der Waals surface area contributed by atoms with Gasteiger partial charge < -0.3 is 0 Å². The zero-order chi connectivity index (χ0) is 31.7. The summed E-state index contributed by atoms with van der Waals surface area (Å²) in [7, 11) is 0. The van der Waals surface area contributed by atoms with Gasteiger partial charge in [-0.2, -0.15) is 0 Å². The molecule has 2 nitrogen and oxygen atoms in total. The van der Waals surface area contributed by atoms with Gasteiger partial charge in [0.05, 0.1) is 22.8 Å². The molecule has 0 spiro atoms. The van der Waals surface area contributed by atoms with Gasteiger partial charge in [-0.3, -0.25) is 9.97 Å². The summed E-state index contributed by atoms with van der Waals surface area (Å²) in [6, 6.07) is 51.8. The van der Waals surface area contributed by atoms with Crippen LogP contribution in [0.4, 0.5) is 0 Å². The maximum atomic E-state index is 5.44. The van der Waals surface area contributed by atoms with Crippen molar-refractivity contribution in [2.45, 2.75) is 57.8 Å². The fourth-order valence-electron chi connectivity index (χ4n) is 6.16. The van der Waals surface area contributed by atoms with Gasteiger partial charge >= 0.3 is 0 Å². The van der Waals surface area contributed by atoms with Crippen LogP contribution in [0, 0.1) is 0 Å². The molecule has 2 heterocycles. The monoisotopic (exact) mass is 586 g/mol. The summed E-state index contributed by atoms with van der Waals surface area (Å²) >= 11 is 0. The topological polar surface area (TPSA) is 25.8 Å². The second kappa shape index (κ2) is 11.9. The van der Waals surface area contributed by atoms with Crippen molar-refractivity contribution in [3.05, 3.63) is 179 Å². The second-order valence-corrected chi connectivity index (χ2v) is 14.0. The molecular formula is C43H42N2. The lowest BCUT2D eigenvalue weighted by Crippen LogP contribution is -2.33. The lowest BCUT2D eigenvalue weighted by Gasteiger charge is -2.35. The minimum atomic E-state index is -0.745. The zero-order valence-electron chi connectivity index (χ0n) is 27.3. The first-order chi connectivity index (χ1) is 21.6. The third-order valence-corrected chi connectivity index (χ3v) is 8.77. The smallest absolute Gasteiger partial charge is 0.105 e. The average molecular weight is 587 g/mol. The summed E-state index contributed by atoms with van der Waals surface area (Å²) in [6.07, 6.45) is 0. The first kappa shape index (κ1) is 30.2. The Bertz CT molecular complexity index is 1730. The summed E-state index contributed by atoms with van der Waals surface area (Å²) in [5.41, 5.74) is 10.2. The second-order valence-electron chi connectivity index (χ2n) is 14.0. The normalized spacial score (nSPS) is 12.2. The van der Waals surface area contributed by atoms with Crippen LogP contribution in [0.2, 0.25) is 0 Å². The maximum absolute atomic E-state index is 5.44. The van der Waals surface area contributed by atoms with Crippen molar-refractivity contribution in [1.29, 1.82) is 0 Å². The van der Waals surface area contributed by atoms with Gasteiger partial charge in [0.15, 0.2) is 0 Å². The molecule has 45 heavy (non-hydrogen) atoms. The number of rotatable bonds is 6. The molecule has 0 unspecified atom stereocenters. The first-order valence-electron chi connectivity index (χ1n) is 15.8. The van der Waals surface area contributed by atoms with Crippen LogP contribution in [0.5, 0.6) is 0 Å². The molecule has 0 aliphatic rings. The number of hydrogen-bond acceptors (Lipinski definition) is 2. The predicted molar refractivity (Wildman–Crippen MR) is 189 cm³/mol. The zero-order valence-corrected chi connectivity index (χ0v) is 27.3. The standard InChI is InChI=1S/C43H42N2/c1-41(2,3)33-27-23-31(24-28-33)37-19-13-21-39(44-37)43(35-15-9-7-10-16-35,36-17-11-8-12-18-36)40-22-14-20-38(45-40)32-25-29-34(30-26-32)42(4,5)6/h7-30H,1-6H3. The Labute approximate surface area is 268 Å². The molecule has 0 saturated carbocycles. The molecule has 0 amide bonds. The molecule has 0 radical (unpaired) electrons. The third-order valence-electron chi connectivity index (χ3n) is 8.77. The molecule has 4 aromatic carbocycles. The van der Waals surface area contributed by atoms with E-state index < -0.39 is 5.41 Å². The highest BCUT2D eigenvalue weighted by molar-refractivity contribution is 5.65. The minimum absolute atomic E-state index is 0.0906. The molecular weight excluding hydrogens is 544 g/mol. The summed E-state index contributed by atoms with van der Waals surface area (Å²) in [4.78, 5) is 10.9. The fourth-order valence-corrected chi connectivity index (χ4v) is 6.16. The van der Waals surface area contributed by atoms with Gasteiger partial charge in [-0.25, -0.2) is 0 Å². The van der Waals surface area contributed by atoms with Crippen LogP contribution in [-0.2, 0) is 16.2 Å². The third kappa shape index (κ3) is 5.98. The quantitative estimate of drug-likeness (QED) is 0.194. The highest BCUT2D eigenvalue weighted by atomic mass is 14.8. The van der Waals surface area contributed by atoms with E-state index in [2.05, 4.69) is 187 Å². The van der Waals surface area contributed by atoms with E-state index in [1.54, 1.807) is 0 Å². The largest absolute Gasteiger partial charge is 0.251 e. The van der Waals surface area contributed by atoms with Crippen LogP contribution in [0.1, 0.15) is 75.2 Å². The van der Waals surface area contributed by atoms with Gasteiger partial charge in [-0.1, -0.05) is 163 Å². The van der Waals surface area contributed by atoms with Gasteiger partial charge in [0.1, 0.15) is 5.41 Å². The van der Waals surface area contributed by atoms with Crippen molar-refractivity contribution in [2.24, 2.45) is 0 Å². The molecule has 0 saturated heterocycles. The van der Waals surface area contributed by atoms with E-state index in [0.717, 1.165) is 45.0 Å². The van der Waals surface area contributed by atoms with Crippen molar-refractivity contribution in [2.75, 3.05) is 0 Å². The molecule has 6 rings (SSSR count). The molecule has 2 aromatic heterocycles. The lowest BCUT2D eigenvalue weighted by molar-refractivity contribution is 0.590. The number of benzene rings is 4. The number of pyridine rings is 2. The SMILES string of the molecule is CC(C)(C)c1ccc(-c2cccc(C(c3ccccc3)(c3ccccc3)c3cccc(-c4ccc(C(C)(C)C)cc4)n3)n2)cc1. The summed E-state index contributed by atoms with van der Waals surface area (Å²) < 4.78 is 0. The number of hydrogen-bond donors (Lipinski definition) is 0. The molecule has 6 aromatic rings. The Morgan fingerprint density at radius 3 is 1.02 bits per heavy atom. The Morgan fingerprint density at radius 1 is 0.333 bits per heavy atom. The van der Waals surface area contributed by atoms with E-state index in [-0.39, 0.29) is 10.8 Å². The predicted octanol–water partition coefficient (Wildman–Crippen LogP) is 10.8. The lowest BCUT2D eigenvalue weighted by atomic mass is 9.69. The molecule has 0 aliphatic heterocycles. The van der Waals surface area contributed by atoms with Crippen LogP contribution in [0.25, 0.3) is 22.5 Å². The van der Waals surface area contributed by atoms with E-state index in [1.807, 2.05) is 0 Å². The van der Waals surface area contributed by atoms with Crippen LogP contribution in [0.3, 0.4) is 0 Å². The summed E-state index contributed by atoms with van der Waals surface area (Å²) in [5, 5.41) is 0. The maximum Gasteiger partial charge on any atom is 0.105 e. The van der Waals surface area contributed by atoms with Gasteiger partial charge in [0.25, 0.3) is 0 Å². The van der Waals surface area contributed by atoms with Gasteiger partial charge in [-0.15, -0.1) is 0 Å². The van der Waals surface area contributed by atoms with Gasteiger partial charge in [0, 0.05) is 11.1 Å². The van der Waals surface area contributed by atoms with Crippen molar-refractivity contribution in [1.82, 2.24) is 9.97 Å². The summed E-state index contributed by atoms with van der Waals surface area (Å²) in [5.74, 6) is 0. The molecule has 0 N–H and O–H groups in total. The number of aromatic nitrogens is 2. The van der Waals surface area contributed by atoms with Crippen LogP contribution < -0.4 is 0 Å². The summed E-state index contributed by atoms with van der Waals surface area (Å²) in [6.45, 7) is 13.5. The Kier molecular flexibility index (Phi) is 8.01. The van der Waals surface area contributed by atoms with Gasteiger partial charge in [0.2, 0.25) is 0 Å². The average Bonchev–Trinajstić information content (AvgIpc) is 3.06. The van der Waals surface area contributed by atoms with E-state index in [9.17, 15) is 0 Å². The van der Waals surface area contributed by atoms with E-state index >= 15 is 0 Å². The molecule has 0 atom stereocenters. The van der Waals surface area contributed by atoms with E-state index in [1.165, 1.54) is 11.1 Å². The molecule has 0 aliphatic carbocycles. The highest BCUT2D eigenvalue weighted by Crippen LogP contribution is 2.44. The Hall–Kier alpha value is -4.82. The van der Waals surface area contributed by atoms with E-state index in [0.29, 0.717) is 0 Å². The van der Waals surface area contributed by atoms with Crippen LogP contribution in [-0.4, -0.2) is 9.97 Å². The van der Waals surface area contributed by atoms with Crippen molar-refractivity contribution < 1.29 is 0 Å². The number of nitrogens with zero attached hydrogens (tertiary/aromatic N) is 2. The van der Waals surface area contributed by atoms with E-state index in [4.69, 9.17) is 9.97 Å². The van der Waals surface area contributed by atoms with Crippen molar-refractivity contribution in [3.63, 3.8) is 0 Å². The van der Waals surface area contributed by atoms with Gasteiger partial charge in [-0.05, 0) is 57.3 Å².